The third kappa shape index (κ3) is 5.36. The molecule has 8 heteroatoms. The Morgan fingerprint density at radius 2 is 1.66 bits per heavy atom. The lowest BCUT2D eigenvalue weighted by Gasteiger charge is -2.41. The molecule has 2 aliphatic heterocycles. The van der Waals surface area contributed by atoms with Crippen molar-refractivity contribution >= 4 is 17.5 Å². The molecule has 29 heavy (non-hydrogen) atoms. The fraction of sp³-hybridized carbons (Fsp3) is 0.667. The monoisotopic (exact) mass is 407 g/mol. The van der Waals surface area contributed by atoms with Gasteiger partial charge in [0.25, 0.3) is 5.69 Å². The number of ether oxygens (including phenoxy) is 1. The molecule has 0 aromatic heterocycles. The maximum absolute atomic E-state index is 14.3. The van der Waals surface area contributed by atoms with Gasteiger partial charge in [-0.15, -0.1) is 0 Å². The number of nitrogens with zero attached hydrogens (tertiary/aromatic N) is 3. The number of nitro groups is 1. The van der Waals surface area contributed by atoms with Crippen molar-refractivity contribution in [1.29, 1.82) is 0 Å². The lowest BCUT2D eigenvalue weighted by Crippen LogP contribution is -2.44. The van der Waals surface area contributed by atoms with Gasteiger partial charge in [-0.25, -0.2) is 9.18 Å². The highest BCUT2D eigenvalue weighted by molar-refractivity contribution is 5.68. The summed E-state index contributed by atoms with van der Waals surface area (Å²) in [6.07, 6.45) is 3.63. The molecule has 0 aliphatic carbocycles. The Kier molecular flexibility index (Phi) is 6.29. The Hall–Kier alpha value is -2.38. The molecule has 2 saturated heterocycles. The largest absolute Gasteiger partial charge is 0.444 e. The summed E-state index contributed by atoms with van der Waals surface area (Å²) in [5.74, 6) is 0.592. The highest BCUT2D eigenvalue weighted by Crippen LogP contribution is 2.35. The number of rotatable bonds is 3. The fourth-order valence-electron chi connectivity index (χ4n) is 4.36. The molecule has 2 fully saturated rings. The smallest absolute Gasteiger partial charge is 0.410 e. The highest BCUT2D eigenvalue weighted by atomic mass is 19.1. The van der Waals surface area contributed by atoms with Crippen LogP contribution in [-0.4, -0.2) is 47.7 Å². The second kappa shape index (κ2) is 8.55. The summed E-state index contributed by atoms with van der Waals surface area (Å²) < 4.78 is 19.7. The molecule has 0 atom stereocenters. The number of carbonyl (C=O) groups excluding carboxylic acids is 1. The number of amides is 1. The maximum Gasteiger partial charge on any atom is 0.410 e. The Morgan fingerprint density at radius 3 is 2.14 bits per heavy atom. The van der Waals surface area contributed by atoms with Crippen molar-refractivity contribution in [3.8, 4) is 0 Å². The van der Waals surface area contributed by atoms with Gasteiger partial charge in [0, 0.05) is 32.2 Å². The maximum atomic E-state index is 14.3. The molecule has 1 aromatic rings. The van der Waals surface area contributed by atoms with Crippen molar-refractivity contribution in [3.05, 3.63) is 34.1 Å². The Balaban J connectivity index is 1.49. The van der Waals surface area contributed by atoms with E-state index >= 15 is 0 Å². The number of non-ortho nitro benzene ring substituents is 1. The second-order valence-corrected chi connectivity index (χ2v) is 9.02. The molecule has 2 aliphatic rings. The third-order valence-corrected chi connectivity index (χ3v) is 5.88. The zero-order valence-corrected chi connectivity index (χ0v) is 17.4. The molecule has 2 heterocycles. The summed E-state index contributed by atoms with van der Waals surface area (Å²) in [4.78, 5) is 26.2. The van der Waals surface area contributed by atoms with Crippen LogP contribution in [0, 0.1) is 27.8 Å². The minimum Gasteiger partial charge on any atom is -0.444 e. The number of benzene rings is 1. The molecule has 1 aromatic carbocycles. The molecule has 0 bridgehead atoms. The first-order valence-electron chi connectivity index (χ1n) is 10.3. The van der Waals surface area contributed by atoms with Crippen LogP contribution in [0.4, 0.5) is 20.6 Å². The van der Waals surface area contributed by atoms with Gasteiger partial charge in [0.2, 0.25) is 0 Å². The van der Waals surface area contributed by atoms with Gasteiger partial charge in [-0.05, 0) is 64.4 Å². The van der Waals surface area contributed by atoms with Crippen molar-refractivity contribution in [2.45, 2.75) is 52.1 Å². The van der Waals surface area contributed by atoms with Gasteiger partial charge in [0.05, 0.1) is 16.7 Å². The topological polar surface area (TPSA) is 75.9 Å². The number of hydrogen-bond acceptors (Lipinski definition) is 5. The number of anilines is 1. The first-order valence-corrected chi connectivity index (χ1v) is 10.3. The van der Waals surface area contributed by atoms with E-state index in [0.29, 0.717) is 17.5 Å². The predicted octanol–water partition coefficient (Wildman–Crippen LogP) is 4.60. The molecular formula is C21H30FN3O4. The van der Waals surface area contributed by atoms with E-state index in [0.717, 1.165) is 57.9 Å². The predicted molar refractivity (Wildman–Crippen MR) is 109 cm³/mol. The molecule has 160 valence electrons. The minimum atomic E-state index is -0.581. The summed E-state index contributed by atoms with van der Waals surface area (Å²) in [7, 11) is 0. The molecule has 0 N–H and O–H groups in total. The van der Waals surface area contributed by atoms with Crippen LogP contribution in [0.15, 0.2) is 18.2 Å². The molecule has 0 spiro atoms. The van der Waals surface area contributed by atoms with E-state index < -0.39 is 16.3 Å². The second-order valence-electron chi connectivity index (χ2n) is 9.02. The average molecular weight is 407 g/mol. The SMILES string of the molecule is CC(C)(C)OC(=O)N1CCC(C2CCN(c3ccc([N+](=O)[O-])cc3F)CC2)CC1. The normalized spacial score (nSPS) is 19.3. The highest BCUT2D eigenvalue weighted by Gasteiger charge is 2.32. The Labute approximate surface area is 171 Å². The number of nitro benzene ring substituents is 1. The van der Waals surface area contributed by atoms with Gasteiger partial charge in [0.15, 0.2) is 5.82 Å². The zero-order valence-electron chi connectivity index (χ0n) is 17.4. The molecule has 0 radical (unpaired) electrons. The van der Waals surface area contributed by atoms with Crippen molar-refractivity contribution < 1.29 is 18.8 Å². The molecule has 1 amide bonds. The van der Waals surface area contributed by atoms with Gasteiger partial charge < -0.3 is 14.5 Å². The van der Waals surface area contributed by atoms with E-state index in [1.165, 1.54) is 12.1 Å². The van der Waals surface area contributed by atoms with Crippen LogP contribution >= 0.6 is 0 Å². The van der Waals surface area contributed by atoms with Crippen LogP contribution in [0.5, 0.6) is 0 Å². The molecule has 0 unspecified atom stereocenters. The number of hydrogen-bond donors (Lipinski definition) is 0. The molecule has 3 rings (SSSR count). The van der Waals surface area contributed by atoms with Crippen LogP contribution in [0.1, 0.15) is 46.5 Å². The lowest BCUT2D eigenvalue weighted by molar-refractivity contribution is -0.385. The van der Waals surface area contributed by atoms with Gasteiger partial charge in [0.1, 0.15) is 5.60 Å². The molecule has 7 nitrogen and oxygen atoms in total. The Bertz CT molecular complexity index is 749. The number of likely N-dealkylation sites (tertiary alicyclic amines) is 1. The van der Waals surface area contributed by atoms with Gasteiger partial charge >= 0.3 is 6.09 Å². The number of halogens is 1. The standard InChI is InChI=1S/C21H30FN3O4/c1-21(2,3)29-20(26)24-12-8-16(9-13-24)15-6-10-23(11-7-15)19-5-4-17(25(27)28)14-18(19)22/h4-5,14-16H,6-13H2,1-3H3. The third-order valence-electron chi connectivity index (χ3n) is 5.88. The average Bonchev–Trinajstić information content (AvgIpc) is 2.67. The molecule has 0 saturated carbocycles. The van der Waals surface area contributed by atoms with Crippen LogP contribution < -0.4 is 4.90 Å². The minimum absolute atomic E-state index is 0.224. The number of piperidine rings is 2. The van der Waals surface area contributed by atoms with Gasteiger partial charge in [-0.2, -0.15) is 0 Å². The van der Waals surface area contributed by atoms with E-state index in [2.05, 4.69) is 0 Å². The van der Waals surface area contributed by atoms with E-state index in [9.17, 15) is 19.3 Å². The van der Waals surface area contributed by atoms with Crippen molar-refractivity contribution in [2.75, 3.05) is 31.1 Å². The van der Waals surface area contributed by atoms with Crippen molar-refractivity contribution in [2.24, 2.45) is 11.8 Å². The first-order chi connectivity index (χ1) is 13.6. The van der Waals surface area contributed by atoms with Crippen LogP contribution in [0.3, 0.4) is 0 Å². The van der Waals surface area contributed by atoms with Crippen LogP contribution in [0.2, 0.25) is 0 Å². The zero-order chi connectivity index (χ0) is 21.2. The summed E-state index contributed by atoms with van der Waals surface area (Å²) in [5.41, 5.74) is -0.264. The van der Waals surface area contributed by atoms with E-state index in [4.69, 9.17) is 4.74 Å². The van der Waals surface area contributed by atoms with Crippen LogP contribution in [-0.2, 0) is 4.74 Å². The van der Waals surface area contributed by atoms with Crippen LogP contribution in [0.25, 0.3) is 0 Å². The van der Waals surface area contributed by atoms with Crippen molar-refractivity contribution in [3.63, 3.8) is 0 Å². The quantitative estimate of drug-likeness (QED) is 0.541. The van der Waals surface area contributed by atoms with E-state index in [-0.39, 0.29) is 11.8 Å². The van der Waals surface area contributed by atoms with Gasteiger partial charge in [-0.1, -0.05) is 0 Å². The summed E-state index contributed by atoms with van der Waals surface area (Å²) >= 11 is 0. The van der Waals surface area contributed by atoms with Gasteiger partial charge in [-0.3, -0.25) is 10.1 Å². The Morgan fingerprint density at radius 1 is 1.10 bits per heavy atom. The fourth-order valence-corrected chi connectivity index (χ4v) is 4.36. The summed E-state index contributed by atoms with van der Waals surface area (Å²) in [5, 5.41) is 10.8. The summed E-state index contributed by atoms with van der Waals surface area (Å²) in [6.45, 7) is 8.54. The van der Waals surface area contributed by atoms with Crippen molar-refractivity contribution in [1.82, 2.24) is 4.90 Å². The summed E-state index contributed by atoms with van der Waals surface area (Å²) in [6, 6.07) is 3.86. The first kappa shape index (κ1) is 21.3. The lowest BCUT2D eigenvalue weighted by atomic mass is 9.79. The van der Waals surface area contributed by atoms with E-state index in [1.54, 1.807) is 4.90 Å². The molecular weight excluding hydrogens is 377 g/mol. The number of carbonyl (C=O) groups is 1. The van der Waals surface area contributed by atoms with E-state index in [1.807, 2.05) is 25.7 Å².